The highest BCUT2D eigenvalue weighted by Gasteiger charge is 2.51. The van der Waals surface area contributed by atoms with Gasteiger partial charge in [-0.25, -0.2) is 11.0 Å². The highest BCUT2D eigenvalue weighted by Crippen LogP contribution is 2.45. The molecule has 1 aliphatic heterocycles. The summed E-state index contributed by atoms with van der Waals surface area (Å²) in [5.74, 6) is -1.18. The van der Waals surface area contributed by atoms with Gasteiger partial charge < -0.3 is 20.0 Å². The van der Waals surface area contributed by atoms with Crippen molar-refractivity contribution < 1.29 is 19.4 Å². The van der Waals surface area contributed by atoms with E-state index in [9.17, 15) is 19.4 Å². The Balaban J connectivity index is 1.48. The zero-order chi connectivity index (χ0) is 22.9. The number of aliphatic carboxylic acids is 1. The molecule has 0 unspecified atom stereocenters. The van der Waals surface area contributed by atoms with Crippen LogP contribution in [0.3, 0.4) is 0 Å². The maximum absolute atomic E-state index is 13.3. The number of piperidine rings is 1. The number of halogens is 1. The Kier molecular flexibility index (Phi) is 5.96. The number of aromatic hydroxyl groups is 1. The summed E-state index contributed by atoms with van der Waals surface area (Å²) < 4.78 is 13.3. The number of carbonyl (C=O) groups is 1. The summed E-state index contributed by atoms with van der Waals surface area (Å²) in [6, 6.07) is 13.3. The lowest BCUT2D eigenvalue weighted by molar-refractivity contribution is -0.149. The van der Waals surface area contributed by atoms with E-state index in [1.807, 2.05) is 6.92 Å². The van der Waals surface area contributed by atoms with Gasteiger partial charge in [-0.15, -0.1) is 0 Å². The van der Waals surface area contributed by atoms with Gasteiger partial charge >= 0.3 is 5.97 Å². The van der Waals surface area contributed by atoms with Gasteiger partial charge in [0.05, 0.1) is 5.41 Å². The first-order chi connectivity index (χ1) is 15.3. The van der Waals surface area contributed by atoms with Crippen molar-refractivity contribution in [2.24, 2.45) is 5.92 Å². The van der Waals surface area contributed by atoms with Gasteiger partial charge in [0, 0.05) is 31.0 Å². The lowest BCUT2D eigenvalue weighted by atomic mass is 9.65. The maximum Gasteiger partial charge on any atom is 0.314 e. The summed E-state index contributed by atoms with van der Waals surface area (Å²) in [6.07, 6.45) is 3.63. The fraction of sp³-hybridized carbons (Fsp3) is 0.462. The van der Waals surface area contributed by atoms with Crippen LogP contribution >= 0.6 is 0 Å². The Hall–Kier alpha value is -2.91. The van der Waals surface area contributed by atoms with Crippen LogP contribution in [0.5, 0.6) is 5.75 Å². The number of hydrogen-bond acceptors (Lipinski definition) is 3. The monoisotopic (exact) mass is 436 g/mol. The number of hydrogen-bond donors (Lipinski definition) is 2. The minimum Gasteiger partial charge on any atom is -0.508 e. The minimum absolute atomic E-state index is 0.0845. The van der Waals surface area contributed by atoms with E-state index in [-0.39, 0.29) is 17.5 Å². The van der Waals surface area contributed by atoms with Gasteiger partial charge in [0.15, 0.2) is 0 Å². The average Bonchev–Trinajstić information content (AvgIpc) is 2.79. The molecule has 0 amide bonds. The molecule has 1 saturated carbocycles. The third-order valence-electron chi connectivity index (χ3n) is 7.78. The summed E-state index contributed by atoms with van der Waals surface area (Å²) in [5, 5.41) is 20.1. The number of carboxylic acids is 1. The molecule has 2 aliphatic rings. The normalized spacial score (nSPS) is 31.0. The molecule has 2 fully saturated rings. The molecule has 2 aromatic carbocycles. The van der Waals surface area contributed by atoms with Gasteiger partial charge in [0.25, 0.3) is 5.54 Å². The first-order valence-electron chi connectivity index (χ1n) is 11.2. The Morgan fingerprint density at radius 2 is 1.81 bits per heavy atom. The zero-order valence-corrected chi connectivity index (χ0v) is 18.3. The number of nitrogens with zero attached hydrogens (tertiary/aromatic N) is 2. The van der Waals surface area contributed by atoms with Crippen molar-refractivity contribution in [3.8, 4) is 5.75 Å². The molecule has 2 N–H and O–H groups in total. The third kappa shape index (κ3) is 3.75. The highest BCUT2D eigenvalue weighted by molar-refractivity contribution is 5.82. The van der Waals surface area contributed by atoms with E-state index in [0.717, 1.165) is 18.4 Å². The number of phenols is 1. The standard InChI is InChI=1S/C26H29FN2O3/c1-18-17-29(15-14-26(18,24(31)32)20-4-3-5-23(30)16-20)22-10-12-25(28-2,13-11-22)19-6-8-21(27)9-7-19/h3-9,16,18,22,30H,10-15,17H2,1H3,(H,31,32)/t18-,22?,25?,26-/m1/s1. The van der Waals surface area contributed by atoms with E-state index in [1.165, 1.54) is 12.1 Å². The molecule has 32 heavy (non-hydrogen) atoms. The summed E-state index contributed by atoms with van der Waals surface area (Å²) in [4.78, 5) is 18.8. The summed E-state index contributed by atoms with van der Waals surface area (Å²) >= 11 is 0. The zero-order valence-electron chi connectivity index (χ0n) is 18.3. The number of carboxylic acid groups (broad SMARTS) is 1. The van der Waals surface area contributed by atoms with Crippen LogP contribution in [0.1, 0.15) is 50.2 Å². The lowest BCUT2D eigenvalue weighted by Gasteiger charge is -2.48. The number of phenolic OH excluding ortho intramolecular Hbond substituents is 1. The minimum atomic E-state index is -1.02. The van der Waals surface area contributed by atoms with Gasteiger partial charge in [-0.1, -0.05) is 19.1 Å². The second kappa shape index (κ2) is 8.55. The summed E-state index contributed by atoms with van der Waals surface area (Å²) in [7, 11) is 0. The van der Waals surface area contributed by atoms with Gasteiger partial charge in [0.2, 0.25) is 0 Å². The van der Waals surface area contributed by atoms with E-state index < -0.39 is 16.9 Å². The van der Waals surface area contributed by atoms with E-state index in [4.69, 9.17) is 6.57 Å². The second-order valence-electron chi connectivity index (χ2n) is 9.35. The number of benzene rings is 2. The molecule has 1 saturated heterocycles. The van der Waals surface area contributed by atoms with Gasteiger partial charge in [0.1, 0.15) is 11.6 Å². The van der Waals surface area contributed by atoms with Crippen LogP contribution in [-0.4, -0.2) is 40.2 Å². The SMILES string of the molecule is [C-]#[N+]C1(c2ccc(F)cc2)CCC(N2CC[C@](C(=O)O)(c3cccc(O)c3)[C@H](C)C2)CC1. The van der Waals surface area contributed by atoms with Crippen LogP contribution in [0.4, 0.5) is 4.39 Å². The number of likely N-dealkylation sites (tertiary alicyclic amines) is 1. The van der Waals surface area contributed by atoms with Gasteiger partial charge in [-0.3, -0.25) is 4.79 Å². The smallest absolute Gasteiger partial charge is 0.314 e. The Labute approximate surface area is 188 Å². The van der Waals surface area contributed by atoms with Crippen molar-refractivity contribution in [1.29, 1.82) is 0 Å². The van der Waals surface area contributed by atoms with E-state index in [1.54, 1.807) is 36.4 Å². The second-order valence-corrected chi connectivity index (χ2v) is 9.35. The van der Waals surface area contributed by atoms with Crippen LogP contribution in [0.15, 0.2) is 48.5 Å². The molecule has 1 heterocycles. The Morgan fingerprint density at radius 3 is 2.38 bits per heavy atom. The fourth-order valence-corrected chi connectivity index (χ4v) is 5.82. The van der Waals surface area contributed by atoms with Crippen molar-refractivity contribution in [3.63, 3.8) is 0 Å². The van der Waals surface area contributed by atoms with Crippen molar-refractivity contribution in [1.82, 2.24) is 4.90 Å². The highest BCUT2D eigenvalue weighted by atomic mass is 19.1. The van der Waals surface area contributed by atoms with Crippen LogP contribution in [0.25, 0.3) is 4.85 Å². The third-order valence-corrected chi connectivity index (χ3v) is 7.78. The molecule has 6 heteroatoms. The van der Waals surface area contributed by atoms with Crippen molar-refractivity contribution in [2.45, 2.75) is 56.0 Å². The molecular weight excluding hydrogens is 407 g/mol. The lowest BCUT2D eigenvalue weighted by Crippen LogP contribution is -2.56. The molecule has 0 aromatic heterocycles. The largest absolute Gasteiger partial charge is 0.508 e. The van der Waals surface area contributed by atoms with Crippen molar-refractivity contribution in [2.75, 3.05) is 13.1 Å². The quantitative estimate of drug-likeness (QED) is 0.666. The molecular formula is C26H29FN2O3. The predicted octanol–water partition coefficient (Wildman–Crippen LogP) is 4.95. The summed E-state index contributed by atoms with van der Waals surface area (Å²) in [5.41, 5.74) is -0.0757. The first-order valence-corrected chi connectivity index (χ1v) is 11.2. The first kappa shape index (κ1) is 22.3. The molecule has 2 aromatic rings. The summed E-state index contributed by atoms with van der Waals surface area (Å²) in [6.45, 7) is 11.1. The van der Waals surface area contributed by atoms with Crippen molar-refractivity contribution >= 4 is 5.97 Å². The van der Waals surface area contributed by atoms with Crippen LogP contribution in [-0.2, 0) is 15.7 Å². The molecule has 0 radical (unpaired) electrons. The van der Waals surface area contributed by atoms with E-state index in [0.29, 0.717) is 44.0 Å². The predicted molar refractivity (Wildman–Crippen MR) is 120 cm³/mol. The molecule has 0 bridgehead atoms. The topological polar surface area (TPSA) is 65.1 Å². The fourth-order valence-electron chi connectivity index (χ4n) is 5.82. The van der Waals surface area contributed by atoms with Gasteiger partial charge in [-0.2, -0.15) is 0 Å². The number of rotatable bonds is 4. The maximum atomic E-state index is 13.3. The van der Waals surface area contributed by atoms with Crippen LogP contribution < -0.4 is 0 Å². The molecule has 0 spiro atoms. The Morgan fingerprint density at radius 1 is 1.12 bits per heavy atom. The van der Waals surface area contributed by atoms with Gasteiger partial charge in [-0.05, 0) is 73.7 Å². The Bertz CT molecular complexity index is 1020. The van der Waals surface area contributed by atoms with E-state index >= 15 is 0 Å². The molecule has 2 atom stereocenters. The van der Waals surface area contributed by atoms with Crippen molar-refractivity contribution in [3.05, 3.63) is 76.9 Å². The van der Waals surface area contributed by atoms with E-state index in [2.05, 4.69) is 9.74 Å². The molecule has 5 nitrogen and oxygen atoms in total. The molecule has 168 valence electrons. The molecule has 4 rings (SSSR count). The molecule has 1 aliphatic carbocycles. The van der Waals surface area contributed by atoms with Crippen LogP contribution in [0, 0.1) is 18.3 Å². The van der Waals surface area contributed by atoms with Crippen LogP contribution in [0.2, 0.25) is 0 Å². The average molecular weight is 437 g/mol.